The second-order valence-electron chi connectivity index (χ2n) is 5.36. The summed E-state index contributed by atoms with van der Waals surface area (Å²) >= 11 is 0. The molecule has 0 saturated carbocycles. The van der Waals surface area contributed by atoms with Gasteiger partial charge in [-0.3, -0.25) is 0 Å². The zero-order valence-electron chi connectivity index (χ0n) is 13.5. The van der Waals surface area contributed by atoms with Gasteiger partial charge >= 0.3 is 0 Å². The first-order valence-electron chi connectivity index (χ1n) is 7.24. The van der Waals surface area contributed by atoms with Crippen molar-refractivity contribution in [3.63, 3.8) is 0 Å². The summed E-state index contributed by atoms with van der Waals surface area (Å²) in [6.45, 7) is 1.97. The molecule has 0 spiro atoms. The van der Waals surface area contributed by atoms with Crippen LogP contribution in [0.2, 0.25) is 0 Å². The average molecular weight is 331 g/mol. The van der Waals surface area contributed by atoms with Gasteiger partial charge in [0.2, 0.25) is 10.0 Å². The standard InChI is InChI=1S/C18H21NO3S/c1-14(15-7-5-4-6-8-15)13-18(19-23(3,20)21)16-9-11-17(22-2)12-10-16/h4-13,18-19H,1-3H3/b14-13+/t18-/m1/s1. The molecule has 0 radical (unpaired) electrons. The van der Waals surface area contributed by atoms with Gasteiger partial charge in [0.1, 0.15) is 5.75 Å². The minimum atomic E-state index is -3.34. The summed E-state index contributed by atoms with van der Waals surface area (Å²) in [6.07, 6.45) is 3.08. The minimum absolute atomic E-state index is 0.434. The smallest absolute Gasteiger partial charge is 0.209 e. The predicted octanol–water partition coefficient (Wildman–Crippen LogP) is 3.39. The largest absolute Gasteiger partial charge is 0.497 e. The van der Waals surface area contributed by atoms with E-state index in [4.69, 9.17) is 4.74 Å². The van der Waals surface area contributed by atoms with Gasteiger partial charge in [0, 0.05) is 0 Å². The first kappa shape index (κ1) is 17.2. The zero-order valence-corrected chi connectivity index (χ0v) is 14.3. The van der Waals surface area contributed by atoms with E-state index in [9.17, 15) is 8.42 Å². The molecule has 0 unspecified atom stereocenters. The Labute approximate surface area is 137 Å². The second-order valence-corrected chi connectivity index (χ2v) is 7.14. The number of sulfonamides is 1. The number of ether oxygens (including phenoxy) is 1. The number of hydrogen-bond acceptors (Lipinski definition) is 3. The maximum atomic E-state index is 11.7. The van der Waals surface area contributed by atoms with Gasteiger partial charge in [0.15, 0.2) is 0 Å². The SMILES string of the molecule is COc1ccc([C@@H](/C=C(\C)c2ccccc2)NS(C)(=O)=O)cc1. The lowest BCUT2D eigenvalue weighted by atomic mass is 10.0. The van der Waals surface area contributed by atoms with E-state index >= 15 is 0 Å². The van der Waals surface area contributed by atoms with E-state index in [2.05, 4.69) is 4.72 Å². The number of rotatable bonds is 6. The molecule has 0 heterocycles. The van der Waals surface area contributed by atoms with Gasteiger partial charge in [0.25, 0.3) is 0 Å². The van der Waals surface area contributed by atoms with Crippen LogP contribution in [0, 0.1) is 0 Å². The van der Waals surface area contributed by atoms with Gasteiger partial charge in [-0.2, -0.15) is 0 Å². The molecule has 4 nitrogen and oxygen atoms in total. The van der Waals surface area contributed by atoms with Crippen molar-refractivity contribution in [1.82, 2.24) is 4.72 Å². The van der Waals surface area contributed by atoms with E-state index < -0.39 is 16.1 Å². The highest BCUT2D eigenvalue weighted by Crippen LogP contribution is 2.23. The first-order valence-corrected chi connectivity index (χ1v) is 9.13. The second kappa shape index (κ2) is 7.44. The normalized spacial score (nSPS) is 13.6. The van der Waals surface area contributed by atoms with Gasteiger partial charge in [-0.1, -0.05) is 48.5 Å². The maximum absolute atomic E-state index is 11.7. The minimum Gasteiger partial charge on any atom is -0.497 e. The van der Waals surface area contributed by atoms with Crippen molar-refractivity contribution >= 4 is 15.6 Å². The van der Waals surface area contributed by atoms with E-state index in [0.29, 0.717) is 0 Å². The van der Waals surface area contributed by atoms with Crippen LogP contribution in [-0.2, 0) is 10.0 Å². The summed E-state index contributed by atoms with van der Waals surface area (Å²) in [5.41, 5.74) is 2.91. The summed E-state index contributed by atoms with van der Waals surface area (Å²) in [5, 5.41) is 0. The molecule has 2 aromatic carbocycles. The number of allylic oxidation sites excluding steroid dienone is 1. The van der Waals surface area contributed by atoms with Crippen molar-refractivity contribution in [3.05, 3.63) is 71.8 Å². The Morgan fingerprint density at radius 2 is 1.70 bits per heavy atom. The molecule has 0 saturated heterocycles. The summed E-state index contributed by atoms with van der Waals surface area (Å²) in [7, 11) is -1.74. The fraction of sp³-hybridized carbons (Fsp3) is 0.222. The highest BCUT2D eigenvalue weighted by atomic mass is 32.2. The molecule has 0 aromatic heterocycles. The third-order valence-electron chi connectivity index (χ3n) is 3.46. The van der Waals surface area contributed by atoms with Crippen molar-refractivity contribution in [2.24, 2.45) is 0 Å². The van der Waals surface area contributed by atoms with Crippen molar-refractivity contribution in [3.8, 4) is 5.75 Å². The molecule has 2 aromatic rings. The van der Waals surface area contributed by atoms with Gasteiger partial charge in [-0.25, -0.2) is 13.1 Å². The van der Waals surface area contributed by atoms with Crippen molar-refractivity contribution in [2.75, 3.05) is 13.4 Å². The molecule has 0 bridgehead atoms. The van der Waals surface area contributed by atoms with Gasteiger partial charge < -0.3 is 4.74 Å². The lowest BCUT2D eigenvalue weighted by Gasteiger charge is -2.16. The number of methoxy groups -OCH3 is 1. The topological polar surface area (TPSA) is 55.4 Å². The summed E-state index contributed by atoms with van der Waals surface area (Å²) in [4.78, 5) is 0. The van der Waals surface area contributed by atoms with E-state index in [1.807, 2.05) is 67.6 Å². The van der Waals surface area contributed by atoms with Crippen molar-refractivity contribution in [1.29, 1.82) is 0 Å². The van der Waals surface area contributed by atoms with E-state index in [0.717, 1.165) is 28.7 Å². The van der Waals surface area contributed by atoms with Crippen LogP contribution in [0.15, 0.2) is 60.7 Å². The molecule has 2 rings (SSSR count). The lowest BCUT2D eigenvalue weighted by molar-refractivity contribution is 0.414. The Bertz CT molecular complexity index is 766. The predicted molar refractivity (Wildman–Crippen MR) is 93.8 cm³/mol. The third kappa shape index (κ3) is 5.23. The first-order chi connectivity index (χ1) is 10.9. The van der Waals surface area contributed by atoms with Crippen LogP contribution in [0.1, 0.15) is 24.1 Å². The van der Waals surface area contributed by atoms with Crippen LogP contribution in [0.5, 0.6) is 5.75 Å². The number of nitrogens with one attached hydrogen (secondary N) is 1. The molecule has 0 aliphatic heterocycles. The van der Waals surface area contributed by atoms with Crippen molar-refractivity contribution < 1.29 is 13.2 Å². The van der Waals surface area contributed by atoms with Crippen LogP contribution in [0.4, 0.5) is 0 Å². The van der Waals surface area contributed by atoms with Crippen LogP contribution in [-0.4, -0.2) is 21.8 Å². The molecular weight excluding hydrogens is 310 g/mol. The molecule has 0 aliphatic rings. The average Bonchev–Trinajstić information content (AvgIpc) is 2.54. The molecule has 1 N–H and O–H groups in total. The molecule has 23 heavy (non-hydrogen) atoms. The summed E-state index contributed by atoms with van der Waals surface area (Å²) < 4.78 is 31.2. The molecule has 1 atom stereocenters. The van der Waals surface area contributed by atoms with Crippen LogP contribution >= 0.6 is 0 Å². The van der Waals surface area contributed by atoms with E-state index in [1.54, 1.807) is 7.11 Å². The Balaban J connectivity index is 2.37. The van der Waals surface area contributed by atoms with Crippen LogP contribution < -0.4 is 9.46 Å². The van der Waals surface area contributed by atoms with Gasteiger partial charge in [-0.05, 0) is 35.8 Å². The molecule has 0 amide bonds. The van der Waals surface area contributed by atoms with Gasteiger partial charge in [0.05, 0.1) is 19.4 Å². The Morgan fingerprint density at radius 3 is 2.22 bits per heavy atom. The Hall–Kier alpha value is -2.11. The molecule has 0 aliphatic carbocycles. The highest BCUT2D eigenvalue weighted by Gasteiger charge is 2.14. The van der Waals surface area contributed by atoms with Gasteiger partial charge in [-0.15, -0.1) is 0 Å². The molecule has 0 fully saturated rings. The van der Waals surface area contributed by atoms with Crippen LogP contribution in [0.3, 0.4) is 0 Å². The summed E-state index contributed by atoms with van der Waals surface area (Å²) in [6, 6.07) is 16.8. The Kier molecular flexibility index (Phi) is 5.58. The van der Waals surface area contributed by atoms with Crippen LogP contribution in [0.25, 0.3) is 5.57 Å². The Morgan fingerprint density at radius 1 is 1.09 bits per heavy atom. The van der Waals surface area contributed by atoms with Crippen molar-refractivity contribution in [2.45, 2.75) is 13.0 Å². The monoisotopic (exact) mass is 331 g/mol. The molecular formula is C18H21NO3S. The zero-order chi connectivity index (χ0) is 16.9. The van der Waals surface area contributed by atoms with E-state index in [1.165, 1.54) is 0 Å². The fourth-order valence-electron chi connectivity index (χ4n) is 2.29. The molecule has 5 heteroatoms. The number of benzene rings is 2. The maximum Gasteiger partial charge on any atom is 0.209 e. The fourth-order valence-corrected chi connectivity index (χ4v) is 2.95. The quantitative estimate of drug-likeness (QED) is 0.883. The molecule has 122 valence electrons. The third-order valence-corrected chi connectivity index (χ3v) is 4.14. The lowest BCUT2D eigenvalue weighted by Crippen LogP contribution is -2.26. The highest BCUT2D eigenvalue weighted by molar-refractivity contribution is 7.88. The summed E-state index contributed by atoms with van der Waals surface area (Å²) in [5.74, 6) is 0.732. The number of hydrogen-bond donors (Lipinski definition) is 1. The van der Waals surface area contributed by atoms with E-state index in [-0.39, 0.29) is 0 Å².